The van der Waals surface area contributed by atoms with Crippen molar-refractivity contribution in [3.63, 3.8) is 0 Å². The molecule has 0 radical (unpaired) electrons. The Morgan fingerprint density at radius 2 is 1.42 bits per heavy atom. The van der Waals surface area contributed by atoms with Gasteiger partial charge in [0.1, 0.15) is 5.82 Å². The van der Waals surface area contributed by atoms with Crippen LogP contribution in [0, 0.1) is 36.4 Å². The first-order chi connectivity index (χ1) is 26.8. The molecule has 1 fully saturated rings. The maximum Gasteiger partial charge on any atom is 0.146 e. The van der Waals surface area contributed by atoms with Gasteiger partial charge in [-0.1, -0.05) is 126 Å². The van der Waals surface area contributed by atoms with Gasteiger partial charge in [0.25, 0.3) is 0 Å². The number of aryl methyl sites for hydroxylation is 2. The molecule has 0 bridgehead atoms. The van der Waals surface area contributed by atoms with E-state index in [-0.39, 0.29) is 11.2 Å². The van der Waals surface area contributed by atoms with Crippen LogP contribution in [0.3, 0.4) is 0 Å². The van der Waals surface area contributed by atoms with Crippen LogP contribution in [0.15, 0.2) is 86.0 Å². The molecule has 57 heavy (non-hydrogen) atoms. The molecule has 0 aliphatic carbocycles. The van der Waals surface area contributed by atoms with Gasteiger partial charge in [0.2, 0.25) is 0 Å². The van der Waals surface area contributed by atoms with Crippen LogP contribution in [0.5, 0.6) is 0 Å². The minimum absolute atomic E-state index is 0.0942. The molecular weight excluding hydrogens is 698 g/mol. The number of rotatable bonds is 15. The number of benzene rings is 3. The summed E-state index contributed by atoms with van der Waals surface area (Å²) in [4.78, 5) is 7.20. The summed E-state index contributed by atoms with van der Waals surface area (Å²) in [6, 6.07) is 21.8. The lowest BCUT2D eigenvalue weighted by Crippen LogP contribution is -2.40. The average molecular weight is 784 g/mol. The minimum atomic E-state index is -0.0942. The van der Waals surface area contributed by atoms with Crippen molar-refractivity contribution in [3.05, 3.63) is 114 Å². The highest BCUT2D eigenvalue weighted by atomic mass is 19.1. The second kappa shape index (κ2) is 25.1. The molecule has 4 heteroatoms. The molecule has 4 rings (SSSR count). The monoisotopic (exact) mass is 784 g/mol. The Morgan fingerprint density at radius 1 is 0.807 bits per heavy atom. The summed E-state index contributed by atoms with van der Waals surface area (Å²) in [7, 11) is 0. The van der Waals surface area contributed by atoms with Crippen LogP contribution in [-0.2, 0) is 0 Å². The van der Waals surface area contributed by atoms with E-state index in [2.05, 4.69) is 172 Å². The van der Waals surface area contributed by atoms with E-state index in [0.29, 0.717) is 29.2 Å². The fourth-order valence-corrected chi connectivity index (χ4v) is 7.28. The summed E-state index contributed by atoms with van der Waals surface area (Å²) >= 11 is 0. The van der Waals surface area contributed by atoms with Gasteiger partial charge in [-0.15, -0.1) is 13.2 Å². The summed E-state index contributed by atoms with van der Waals surface area (Å²) in [5, 5.41) is 0. The predicted octanol–water partition coefficient (Wildman–Crippen LogP) is 15.6. The normalized spacial score (nSPS) is 14.5. The Balaban J connectivity index is 0.000000420. The summed E-state index contributed by atoms with van der Waals surface area (Å²) in [6.07, 6.45) is 8.84. The third kappa shape index (κ3) is 17.5. The maximum absolute atomic E-state index is 13.8. The first kappa shape index (κ1) is 51.5. The lowest BCUT2D eigenvalue weighted by Gasteiger charge is -2.39. The highest BCUT2D eigenvalue weighted by molar-refractivity contribution is 5.53. The van der Waals surface area contributed by atoms with Crippen molar-refractivity contribution in [1.29, 1.82) is 0 Å². The Labute approximate surface area is 352 Å². The standard InChI is InChI=1S/C19H31N.C18H29N.C14H20FN.C2H6/c1-8-10-20(14-19(6,7)9-2)18-12-16(5)11-17(13-18)15(3)4;1-7-12-19(16(6)15(5)8-2)18-11-9-10-17(13-18)14(3)4;1-11-5-6-12(15)13(9-11)16-8-4-7-14(2,3)10-16;1-2/h9,11-13,15H,2,8,10,14H2,1,3-7H3;8-11,13-16H,2,7,12H2,1,3-6H3;5-6,9H,4,7-8,10H2,1-3H3;1-2H3. The Hall–Kier alpha value is -3.53. The van der Waals surface area contributed by atoms with E-state index in [4.69, 9.17) is 0 Å². The zero-order chi connectivity index (χ0) is 43.5. The van der Waals surface area contributed by atoms with Crippen molar-refractivity contribution >= 4 is 17.1 Å². The Morgan fingerprint density at radius 3 is 1.96 bits per heavy atom. The van der Waals surface area contributed by atoms with Crippen LogP contribution in [-0.4, -0.2) is 38.8 Å². The zero-order valence-corrected chi connectivity index (χ0v) is 39.7. The minimum Gasteiger partial charge on any atom is -0.371 e. The molecule has 2 unspecified atom stereocenters. The molecule has 3 nitrogen and oxygen atoms in total. The fourth-order valence-electron chi connectivity index (χ4n) is 7.28. The van der Waals surface area contributed by atoms with Crippen LogP contribution in [0.25, 0.3) is 0 Å². The molecule has 1 heterocycles. The number of nitrogens with zero attached hydrogens (tertiary/aromatic N) is 3. The molecule has 0 saturated carbocycles. The molecular formula is C53H86FN3. The highest BCUT2D eigenvalue weighted by Gasteiger charge is 2.28. The number of piperidine rings is 1. The Kier molecular flexibility index (Phi) is 22.6. The molecule has 0 N–H and O–H groups in total. The van der Waals surface area contributed by atoms with E-state index < -0.39 is 0 Å². The van der Waals surface area contributed by atoms with Gasteiger partial charge in [0.05, 0.1) is 5.69 Å². The Bertz CT molecular complexity index is 1600. The van der Waals surface area contributed by atoms with Crippen molar-refractivity contribution in [2.75, 3.05) is 47.4 Å². The van der Waals surface area contributed by atoms with Gasteiger partial charge in [0.15, 0.2) is 0 Å². The van der Waals surface area contributed by atoms with E-state index in [0.717, 1.165) is 56.8 Å². The van der Waals surface area contributed by atoms with Gasteiger partial charge < -0.3 is 14.7 Å². The van der Waals surface area contributed by atoms with Crippen molar-refractivity contribution in [1.82, 2.24) is 0 Å². The third-order valence-corrected chi connectivity index (χ3v) is 11.1. The zero-order valence-electron chi connectivity index (χ0n) is 39.7. The third-order valence-electron chi connectivity index (χ3n) is 11.1. The fraction of sp³-hybridized carbons (Fsp3) is 0.585. The average Bonchev–Trinajstić information content (AvgIpc) is 3.17. The van der Waals surface area contributed by atoms with Crippen LogP contribution in [0.1, 0.15) is 157 Å². The van der Waals surface area contributed by atoms with Gasteiger partial charge in [-0.25, -0.2) is 4.39 Å². The molecule has 1 aliphatic rings. The molecule has 0 spiro atoms. The molecule has 2 atom stereocenters. The number of halogens is 1. The molecule has 1 saturated heterocycles. The lowest BCUT2D eigenvalue weighted by molar-refractivity contribution is 0.292. The van der Waals surface area contributed by atoms with Gasteiger partial charge >= 0.3 is 0 Å². The maximum atomic E-state index is 13.8. The van der Waals surface area contributed by atoms with Crippen LogP contribution < -0.4 is 14.7 Å². The smallest absolute Gasteiger partial charge is 0.146 e. The first-order valence-corrected chi connectivity index (χ1v) is 22.3. The molecule has 320 valence electrons. The summed E-state index contributed by atoms with van der Waals surface area (Å²) < 4.78 is 13.8. The number of hydrogen-bond acceptors (Lipinski definition) is 3. The van der Waals surface area contributed by atoms with Crippen LogP contribution >= 0.6 is 0 Å². The van der Waals surface area contributed by atoms with Crippen LogP contribution in [0.4, 0.5) is 21.5 Å². The second-order valence-electron chi connectivity index (χ2n) is 18.3. The van der Waals surface area contributed by atoms with Gasteiger partial charge in [-0.05, 0) is 134 Å². The number of hydrogen-bond donors (Lipinski definition) is 0. The van der Waals surface area contributed by atoms with Gasteiger partial charge in [0, 0.05) is 50.1 Å². The van der Waals surface area contributed by atoms with E-state index >= 15 is 0 Å². The van der Waals surface area contributed by atoms with E-state index in [9.17, 15) is 4.39 Å². The number of anilines is 3. The van der Waals surface area contributed by atoms with Crippen molar-refractivity contribution in [2.45, 2.75) is 154 Å². The van der Waals surface area contributed by atoms with E-state index in [1.54, 1.807) is 6.07 Å². The van der Waals surface area contributed by atoms with Gasteiger partial charge in [-0.3, -0.25) is 0 Å². The lowest BCUT2D eigenvalue weighted by atomic mass is 9.84. The molecule has 0 amide bonds. The summed E-state index contributed by atoms with van der Waals surface area (Å²) in [6.45, 7) is 48.3. The molecule has 0 aromatic heterocycles. The molecule has 1 aliphatic heterocycles. The topological polar surface area (TPSA) is 9.72 Å². The van der Waals surface area contributed by atoms with Crippen LogP contribution in [0.2, 0.25) is 0 Å². The molecule has 3 aromatic rings. The first-order valence-electron chi connectivity index (χ1n) is 22.3. The quantitative estimate of drug-likeness (QED) is 0.142. The summed E-state index contributed by atoms with van der Waals surface area (Å²) in [5.41, 5.74) is 9.22. The summed E-state index contributed by atoms with van der Waals surface area (Å²) in [5.74, 6) is 1.55. The molecule has 3 aromatic carbocycles. The van der Waals surface area contributed by atoms with E-state index in [1.165, 1.54) is 40.9 Å². The SMILES string of the molecule is C=CC(C)(C)CN(CCC)c1cc(C)cc(C(C)C)c1.C=CC(C)C(C)N(CCC)c1cccc(C(C)C)c1.CC.Cc1ccc(F)c(N2CCCC(C)(C)C2)c1. The van der Waals surface area contributed by atoms with Crippen molar-refractivity contribution in [3.8, 4) is 0 Å². The van der Waals surface area contributed by atoms with E-state index in [1.807, 2.05) is 32.9 Å². The van der Waals surface area contributed by atoms with Gasteiger partial charge in [-0.2, -0.15) is 0 Å². The highest BCUT2D eigenvalue weighted by Crippen LogP contribution is 2.33. The van der Waals surface area contributed by atoms with Crippen molar-refractivity contribution < 1.29 is 4.39 Å². The van der Waals surface area contributed by atoms with Crippen molar-refractivity contribution in [2.24, 2.45) is 16.7 Å². The largest absolute Gasteiger partial charge is 0.371 e. The predicted molar refractivity (Wildman–Crippen MR) is 256 cm³/mol. The second-order valence-corrected chi connectivity index (χ2v) is 18.3.